The summed E-state index contributed by atoms with van der Waals surface area (Å²) in [5.41, 5.74) is 0.309. The zero-order chi connectivity index (χ0) is 10.7. The molecule has 0 atom stereocenters. The van der Waals surface area contributed by atoms with Gasteiger partial charge in [0.05, 0.1) is 0 Å². The van der Waals surface area contributed by atoms with Crippen LogP contribution in [-0.4, -0.2) is 26.5 Å². The highest BCUT2D eigenvalue weighted by Crippen LogP contribution is 2.15. The number of hydrogen-bond donors (Lipinski definition) is 1. The predicted octanol–water partition coefficient (Wildman–Crippen LogP) is 0.292. The van der Waals surface area contributed by atoms with Crippen LogP contribution in [0.2, 0.25) is 5.02 Å². The van der Waals surface area contributed by atoms with Gasteiger partial charge in [-0.3, -0.25) is 0 Å². The van der Waals surface area contributed by atoms with Crippen molar-refractivity contribution in [1.82, 2.24) is 20.6 Å². The molecule has 0 aliphatic heterocycles. The first-order valence-electron chi connectivity index (χ1n) is 4.01. The minimum atomic E-state index is -0.498. The Labute approximate surface area is 89.6 Å². The maximum atomic E-state index is 11.6. The topological polar surface area (TPSA) is 89.9 Å². The van der Waals surface area contributed by atoms with Gasteiger partial charge in [-0.2, -0.15) is 5.21 Å². The summed E-state index contributed by atoms with van der Waals surface area (Å²) in [6.45, 7) is 0. The number of H-pyrrole nitrogens is 1. The summed E-state index contributed by atoms with van der Waals surface area (Å²) in [5.74, 6) is -0.512. The third-order valence-electron chi connectivity index (χ3n) is 1.64. The average molecular weight is 223 g/mol. The SMILES string of the molecule is [O-]C(=Nc1nn[nH]n1)c1ccccc1Cl. The highest BCUT2D eigenvalue weighted by molar-refractivity contribution is 6.33. The van der Waals surface area contributed by atoms with E-state index in [1.807, 2.05) is 0 Å². The summed E-state index contributed by atoms with van der Waals surface area (Å²) in [7, 11) is 0. The van der Waals surface area contributed by atoms with Gasteiger partial charge < -0.3 is 5.11 Å². The normalized spacial score (nSPS) is 11.7. The second-order valence-electron chi connectivity index (χ2n) is 2.61. The van der Waals surface area contributed by atoms with Crippen LogP contribution in [0.1, 0.15) is 5.56 Å². The van der Waals surface area contributed by atoms with Crippen LogP contribution in [0.25, 0.3) is 0 Å². The van der Waals surface area contributed by atoms with Crippen molar-refractivity contribution >= 4 is 23.4 Å². The molecule has 0 amide bonds. The Balaban J connectivity index is 2.36. The summed E-state index contributed by atoms with van der Waals surface area (Å²) in [4.78, 5) is 3.61. The second-order valence-corrected chi connectivity index (χ2v) is 3.02. The molecule has 1 aromatic heterocycles. The van der Waals surface area contributed by atoms with Gasteiger partial charge in [-0.05, 0) is 11.3 Å². The van der Waals surface area contributed by atoms with Gasteiger partial charge in [0.2, 0.25) is 0 Å². The van der Waals surface area contributed by atoms with E-state index in [0.717, 1.165) is 0 Å². The molecule has 0 bridgehead atoms. The molecule has 1 heterocycles. The number of hydrogen-bond acceptors (Lipinski definition) is 5. The predicted molar refractivity (Wildman–Crippen MR) is 51.8 cm³/mol. The first-order chi connectivity index (χ1) is 7.27. The van der Waals surface area contributed by atoms with Crippen molar-refractivity contribution in [2.45, 2.75) is 0 Å². The number of aromatic amines is 1. The molecule has 0 radical (unpaired) electrons. The molecule has 0 fully saturated rings. The molecule has 6 nitrogen and oxygen atoms in total. The summed E-state index contributed by atoms with van der Waals surface area (Å²) >= 11 is 5.81. The van der Waals surface area contributed by atoms with E-state index in [4.69, 9.17) is 11.6 Å². The van der Waals surface area contributed by atoms with E-state index in [1.54, 1.807) is 24.3 Å². The van der Waals surface area contributed by atoms with E-state index in [0.29, 0.717) is 10.6 Å². The third-order valence-corrected chi connectivity index (χ3v) is 1.97. The summed E-state index contributed by atoms with van der Waals surface area (Å²) in [5, 5.41) is 24.4. The second kappa shape index (κ2) is 4.05. The Morgan fingerprint density at radius 2 is 2.20 bits per heavy atom. The maximum Gasteiger partial charge on any atom is 0.288 e. The number of nitrogens with zero attached hydrogens (tertiary/aromatic N) is 4. The summed E-state index contributed by atoms with van der Waals surface area (Å²) in [6.07, 6.45) is 0. The highest BCUT2D eigenvalue weighted by Gasteiger charge is 1.99. The Morgan fingerprint density at radius 3 is 2.87 bits per heavy atom. The number of benzene rings is 1. The van der Waals surface area contributed by atoms with Gasteiger partial charge in [0.15, 0.2) is 0 Å². The van der Waals surface area contributed by atoms with Crippen molar-refractivity contribution < 1.29 is 5.11 Å². The summed E-state index contributed by atoms with van der Waals surface area (Å²) < 4.78 is 0. The fourth-order valence-corrected chi connectivity index (χ4v) is 1.21. The number of aromatic nitrogens is 4. The van der Waals surface area contributed by atoms with Crippen molar-refractivity contribution in [2.75, 3.05) is 0 Å². The Morgan fingerprint density at radius 1 is 1.40 bits per heavy atom. The van der Waals surface area contributed by atoms with Gasteiger partial charge in [-0.25, -0.2) is 4.99 Å². The third kappa shape index (κ3) is 2.10. The van der Waals surface area contributed by atoms with Crippen molar-refractivity contribution in [3.63, 3.8) is 0 Å². The minimum absolute atomic E-state index is 0.0140. The molecule has 0 saturated carbocycles. The van der Waals surface area contributed by atoms with Gasteiger partial charge in [-0.15, -0.1) is 5.10 Å². The van der Waals surface area contributed by atoms with Crippen LogP contribution in [-0.2, 0) is 0 Å². The molecule has 1 aromatic carbocycles. The van der Waals surface area contributed by atoms with Gasteiger partial charge in [-0.1, -0.05) is 34.9 Å². The zero-order valence-corrected chi connectivity index (χ0v) is 8.14. The van der Waals surface area contributed by atoms with Gasteiger partial charge >= 0.3 is 0 Å². The lowest BCUT2D eigenvalue weighted by Gasteiger charge is -2.10. The Kier molecular flexibility index (Phi) is 2.59. The lowest BCUT2D eigenvalue weighted by Crippen LogP contribution is -2.18. The standard InChI is InChI=1S/C8H6ClN5O/c9-6-4-2-1-3-5(6)7(15)10-8-11-13-14-12-8/h1-4H,(H2,10,11,12,13,14,15)/p-1. The van der Waals surface area contributed by atoms with Crippen molar-refractivity contribution in [2.24, 2.45) is 4.99 Å². The first-order valence-corrected chi connectivity index (χ1v) is 4.39. The van der Waals surface area contributed by atoms with Crippen LogP contribution in [0.4, 0.5) is 5.95 Å². The molecule has 2 aromatic rings. The molecule has 15 heavy (non-hydrogen) atoms. The monoisotopic (exact) mass is 222 g/mol. The Hall–Kier alpha value is -1.95. The van der Waals surface area contributed by atoms with Crippen LogP contribution in [0, 0.1) is 0 Å². The quantitative estimate of drug-likeness (QED) is 0.584. The van der Waals surface area contributed by atoms with Crippen LogP contribution >= 0.6 is 11.6 Å². The van der Waals surface area contributed by atoms with Crippen molar-refractivity contribution in [3.8, 4) is 0 Å². The zero-order valence-electron chi connectivity index (χ0n) is 7.38. The molecule has 76 valence electrons. The molecule has 7 heteroatoms. The molecular formula is C8H5ClN5O-. The molecule has 0 unspecified atom stereocenters. The van der Waals surface area contributed by atoms with E-state index in [9.17, 15) is 5.11 Å². The van der Waals surface area contributed by atoms with E-state index in [-0.39, 0.29) is 5.95 Å². The fourth-order valence-electron chi connectivity index (χ4n) is 0.990. The van der Waals surface area contributed by atoms with E-state index in [1.165, 1.54) is 0 Å². The molecule has 2 rings (SSSR count). The number of tetrazole rings is 1. The molecule has 0 saturated heterocycles. The van der Waals surface area contributed by atoms with Crippen molar-refractivity contribution in [3.05, 3.63) is 34.9 Å². The van der Waals surface area contributed by atoms with E-state index < -0.39 is 5.90 Å². The maximum absolute atomic E-state index is 11.6. The van der Waals surface area contributed by atoms with E-state index >= 15 is 0 Å². The van der Waals surface area contributed by atoms with Gasteiger partial charge in [0, 0.05) is 16.5 Å². The van der Waals surface area contributed by atoms with Crippen LogP contribution in [0.5, 0.6) is 0 Å². The minimum Gasteiger partial charge on any atom is -0.858 e. The van der Waals surface area contributed by atoms with Gasteiger partial charge in [0.1, 0.15) is 0 Å². The number of halogens is 1. The number of aliphatic imine (C=N–C) groups is 1. The molecule has 0 spiro atoms. The lowest BCUT2D eigenvalue weighted by atomic mass is 10.2. The number of rotatable bonds is 2. The molecule has 1 N–H and O–H groups in total. The van der Waals surface area contributed by atoms with Crippen LogP contribution in [0.3, 0.4) is 0 Å². The van der Waals surface area contributed by atoms with E-state index in [2.05, 4.69) is 25.6 Å². The molecule has 0 aliphatic carbocycles. The average Bonchev–Trinajstić information content (AvgIpc) is 2.71. The number of nitrogens with one attached hydrogen (secondary N) is 1. The smallest absolute Gasteiger partial charge is 0.288 e. The fraction of sp³-hybridized carbons (Fsp3) is 0. The van der Waals surface area contributed by atoms with Crippen LogP contribution in [0.15, 0.2) is 29.3 Å². The Bertz CT molecular complexity index is 482. The first kappa shape index (κ1) is 9.60. The highest BCUT2D eigenvalue weighted by atomic mass is 35.5. The molecular weight excluding hydrogens is 218 g/mol. The van der Waals surface area contributed by atoms with Crippen molar-refractivity contribution in [1.29, 1.82) is 0 Å². The van der Waals surface area contributed by atoms with Crippen LogP contribution < -0.4 is 5.11 Å². The largest absolute Gasteiger partial charge is 0.858 e. The molecule has 0 aliphatic rings. The van der Waals surface area contributed by atoms with Gasteiger partial charge in [0.25, 0.3) is 5.95 Å². The lowest BCUT2D eigenvalue weighted by molar-refractivity contribution is -0.212. The summed E-state index contributed by atoms with van der Waals surface area (Å²) in [6, 6.07) is 6.62.